The molecule has 2 aromatic rings. The van der Waals surface area contributed by atoms with Crippen LogP contribution in [0.15, 0.2) is 54.6 Å². The molecular weight excluding hydrogens is 250 g/mol. The Hall–Kier alpha value is -1.25. The quantitative estimate of drug-likeness (QED) is 0.863. The van der Waals surface area contributed by atoms with Crippen LogP contribution >= 0.6 is 13.5 Å². The zero-order valence-electron chi connectivity index (χ0n) is 11.9. The van der Waals surface area contributed by atoms with Crippen molar-refractivity contribution >= 4 is 13.5 Å². The van der Waals surface area contributed by atoms with Gasteiger partial charge in [0.05, 0.1) is 0 Å². The maximum absolute atomic E-state index is 3.63. The summed E-state index contributed by atoms with van der Waals surface area (Å²) in [7, 11) is 0. The molecule has 0 saturated carbocycles. The Balaban J connectivity index is 0.00000180. The fourth-order valence-electron chi connectivity index (χ4n) is 2.16. The van der Waals surface area contributed by atoms with Crippen LogP contribution in [0, 0.1) is 6.92 Å². The lowest BCUT2D eigenvalue weighted by molar-refractivity contribution is 0.494. The highest BCUT2D eigenvalue weighted by Crippen LogP contribution is 2.19. The molecule has 2 atom stereocenters. The molecule has 2 aromatic carbocycles. The van der Waals surface area contributed by atoms with Gasteiger partial charge in [-0.15, -0.1) is 0 Å². The van der Waals surface area contributed by atoms with Crippen molar-refractivity contribution in [3.05, 3.63) is 71.3 Å². The van der Waals surface area contributed by atoms with Gasteiger partial charge in [0, 0.05) is 12.1 Å². The highest BCUT2D eigenvalue weighted by atomic mass is 32.1. The summed E-state index contributed by atoms with van der Waals surface area (Å²) in [6, 6.07) is 20.0. The van der Waals surface area contributed by atoms with Gasteiger partial charge in [-0.1, -0.05) is 60.2 Å². The number of hydrogen-bond donors (Lipinski definition) is 1. The molecule has 0 heterocycles. The molecule has 0 aliphatic carbocycles. The van der Waals surface area contributed by atoms with E-state index in [-0.39, 0.29) is 13.5 Å². The lowest BCUT2D eigenvalue weighted by Crippen LogP contribution is -2.22. The van der Waals surface area contributed by atoms with Gasteiger partial charge in [-0.05, 0) is 31.9 Å². The van der Waals surface area contributed by atoms with E-state index in [0.29, 0.717) is 12.1 Å². The molecule has 19 heavy (non-hydrogen) atoms. The number of rotatable bonds is 4. The molecule has 102 valence electrons. The topological polar surface area (TPSA) is 12.0 Å². The van der Waals surface area contributed by atoms with Gasteiger partial charge in [-0.25, -0.2) is 0 Å². The maximum atomic E-state index is 3.63. The smallest absolute Gasteiger partial charge is 0.0297 e. The highest BCUT2D eigenvalue weighted by Gasteiger charge is 2.10. The minimum atomic E-state index is 0. The van der Waals surface area contributed by atoms with Gasteiger partial charge in [-0.2, -0.15) is 13.5 Å². The third-order valence-electron chi connectivity index (χ3n) is 3.38. The molecule has 0 radical (unpaired) electrons. The van der Waals surface area contributed by atoms with Crippen LogP contribution in [0.25, 0.3) is 0 Å². The Labute approximate surface area is 123 Å². The third-order valence-corrected chi connectivity index (χ3v) is 3.38. The van der Waals surface area contributed by atoms with Crippen molar-refractivity contribution in [3.63, 3.8) is 0 Å². The van der Waals surface area contributed by atoms with E-state index in [4.69, 9.17) is 0 Å². The van der Waals surface area contributed by atoms with Crippen LogP contribution < -0.4 is 5.32 Å². The molecule has 0 aliphatic rings. The number of benzene rings is 2. The predicted octanol–water partition coefficient (Wildman–Crippen LogP) is 4.52. The summed E-state index contributed by atoms with van der Waals surface area (Å²) in [4.78, 5) is 0. The van der Waals surface area contributed by atoms with Crippen LogP contribution in [0.2, 0.25) is 0 Å². The van der Waals surface area contributed by atoms with Crippen LogP contribution in [0.1, 0.15) is 42.6 Å². The Kier molecular flexibility index (Phi) is 6.13. The Morgan fingerprint density at radius 2 is 1.21 bits per heavy atom. The van der Waals surface area contributed by atoms with E-state index >= 15 is 0 Å². The van der Waals surface area contributed by atoms with Crippen LogP contribution in [0.3, 0.4) is 0 Å². The van der Waals surface area contributed by atoms with Gasteiger partial charge in [0.2, 0.25) is 0 Å². The Morgan fingerprint density at radius 3 is 1.74 bits per heavy atom. The molecule has 1 nitrogen and oxygen atoms in total. The average molecular weight is 273 g/mol. The lowest BCUT2D eigenvalue weighted by atomic mass is 10.0. The standard InChI is InChI=1S/C17H21N.H2S/c1-13-9-11-17(12-10-13)15(3)18-14(2)16-7-5-4-6-8-16;/h4-12,14-15,18H,1-3H3;1H2/t14-,15?;/m0./s1. The normalized spacial score (nSPS) is 13.4. The SMILES string of the molecule is Cc1ccc(C(C)N[C@@H](C)c2ccccc2)cc1.S. The fraction of sp³-hybridized carbons (Fsp3) is 0.294. The third kappa shape index (κ3) is 4.41. The van der Waals surface area contributed by atoms with E-state index in [1.54, 1.807) is 0 Å². The molecule has 0 saturated heterocycles. The second-order valence-corrected chi connectivity index (χ2v) is 4.93. The average Bonchev–Trinajstić information content (AvgIpc) is 2.40. The van der Waals surface area contributed by atoms with E-state index in [9.17, 15) is 0 Å². The summed E-state index contributed by atoms with van der Waals surface area (Å²) in [6.07, 6.45) is 0. The van der Waals surface area contributed by atoms with Crippen molar-refractivity contribution in [1.29, 1.82) is 0 Å². The Bertz CT molecular complexity index is 478. The summed E-state index contributed by atoms with van der Waals surface area (Å²) in [5.74, 6) is 0. The number of aryl methyl sites for hydroxylation is 1. The van der Waals surface area contributed by atoms with Crippen molar-refractivity contribution in [2.24, 2.45) is 0 Å². The lowest BCUT2D eigenvalue weighted by Gasteiger charge is -2.21. The van der Waals surface area contributed by atoms with Crippen LogP contribution in [0.4, 0.5) is 0 Å². The van der Waals surface area contributed by atoms with Crippen molar-refractivity contribution in [1.82, 2.24) is 5.32 Å². The van der Waals surface area contributed by atoms with Gasteiger partial charge in [-0.3, -0.25) is 0 Å². The minimum absolute atomic E-state index is 0. The van der Waals surface area contributed by atoms with Crippen molar-refractivity contribution in [3.8, 4) is 0 Å². The molecular formula is C17H23NS. The van der Waals surface area contributed by atoms with E-state index in [2.05, 4.69) is 80.7 Å². The first-order valence-electron chi connectivity index (χ1n) is 6.54. The van der Waals surface area contributed by atoms with Gasteiger partial charge in [0.1, 0.15) is 0 Å². The second-order valence-electron chi connectivity index (χ2n) is 4.93. The van der Waals surface area contributed by atoms with Crippen LogP contribution in [-0.4, -0.2) is 0 Å². The van der Waals surface area contributed by atoms with Crippen molar-refractivity contribution in [2.45, 2.75) is 32.9 Å². The molecule has 1 unspecified atom stereocenters. The van der Waals surface area contributed by atoms with E-state index in [0.717, 1.165) is 0 Å². The Morgan fingerprint density at radius 1 is 0.737 bits per heavy atom. The summed E-state index contributed by atoms with van der Waals surface area (Å²) < 4.78 is 0. The van der Waals surface area contributed by atoms with Gasteiger partial charge < -0.3 is 5.32 Å². The highest BCUT2D eigenvalue weighted by molar-refractivity contribution is 7.59. The van der Waals surface area contributed by atoms with Crippen LogP contribution in [-0.2, 0) is 0 Å². The van der Waals surface area contributed by atoms with Crippen molar-refractivity contribution < 1.29 is 0 Å². The van der Waals surface area contributed by atoms with Gasteiger partial charge in [0.15, 0.2) is 0 Å². The van der Waals surface area contributed by atoms with Crippen molar-refractivity contribution in [2.75, 3.05) is 0 Å². The molecule has 0 amide bonds. The van der Waals surface area contributed by atoms with Crippen LogP contribution in [0.5, 0.6) is 0 Å². The molecule has 0 fully saturated rings. The summed E-state index contributed by atoms with van der Waals surface area (Å²) in [5.41, 5.74) is 3.97. The largest absolute Gasteiger partial charge is 0.304 e. The zero-order chi connectivity index (χ0) is 13.0. The zero-order valence-corrected chi connectivity index (χ0v) is 12.9. The molecule has 2 heteroatoms. The molecule has 0 aromatic heterocycles. The fourth-order valence-corrected chi connectivity index (χ4v) is 2.16. The number of nitrogens with one attached hydrogen (secondary N) is 1. The van der Waals surface area contributed by atoms with Gasteiger partial charge >= 0.3 is 0 Å². The molecule has 1 N–H and O–H groups in total. The maximum Gasteiger partial charge on any atom is 0.0297 e. The first-order chi connectivity index (χ1) is 8.66. The molecule has 2 rings (SSSR count). The van der Waals surface area contributed by atoms with E-state index in [1.807, 2.05) is 0 Å². The molecule has 0 spiro atoms. The predicted molar refractivity (Wildman–Crippen MR) is 88.0 cm³/mol. The monoisotopic (exact) mass is 273 g/mol. The van der Waals surface area contributed by atoms with E-state index in [1.165, 1.54) is 16.7 Å². The summed E-state index contributed by atoms with van der Waals surface area (Å²) >= 11 is 0. The van der Waals surface area contributed by atoms with Gasteiger partial charge in [0.25, 0.3) is 0 Å². The molecule has 0 aliphatic heterocycles. The minimum Gasteiger partial charge on any atom is -0.304 e. The first-order valence-corrected chi connectivity index (χ1v) is 6.54. The first kappa shape index (κ1) is 15.8. The second kappa shape index (κ2) is 7.37. The molecule has 0 bridgehead atoms. The summed E-state index contributed by atoms with van der Waals surface area (Å²) in [6.45, 7) is 6.54. The number of hydrogen-bond acceptors (Lipinski definition) is 1. The summed E-state index contributed by atoms with van der Waals surface area (Å²) in [5, 5.41) is 3.63. The van der Waals surface area contributed by atoms with E-state index < -0.39 is 0 Å².